The summed E-state index contributed by atoms with van der Waals surface area (Å²) in [5.74, 6) is 0. The average molecular weight is 177 g/mol. The van der Waals surface area contributed by atoms with Crippen LogP contribution in [0.2, 0.25) is 0 Å². The van der Waals surface area contributed by atoms with Gasteiger partial charge < -0.3 is 20.6 Å². The summed E-state index contributed by atoms with van der Waals surface area (Å²) in [6, 6.07) is -0.305. The molecule has 0 aromatic heterocycles. The molecule has 4 atom stereocenters. The molecule has 1 aliphatic rings. The zero-order valence-corrected chi connectivity index (χ0v) is 6.88. The molecule has 0 aromatic carbocycles. The Morgan fingerprint density at radius 2 is 1.82 bits per heavy atom. The van der Waals surface area contributed by atoms with Crippen molar-refractivity contribution >= 4 is 17.2 Å². The number of hydrogen-bond acceptors (Lipinski definition) is 4. The monoisotopic (exact) mass is 177 g/mol. The highest BCUT2D eigenvalue weighted by Crippen LogP contribution is 2.11. The summed E-state index contributed by atoms with van der Waals surface area (Å²) < 4.78 is 0. The molecule has 0 amide bonds. The molecular weight excluding hydrogens is 166 g/mol. The molecule has 0 aromatic rings. The molecule has 0 saturated carbocycles. The third-order valence-electron chi connectivity index (χ3n) is 1.82. The molecule has 1 rings (SSSR count). The lowest BCUT2D eigenvalue weighted by Gasteiger charge is -2.35. The fourth-order valence-corrected chi connectivity index (χ4v) is 1.36. The molecule has 0 bridgehead atoms. The van der Waals surface area contributed by atoms with Gasteiger partial charge in [-0.3, -0.25) is 0 Å². The van der Waals surface area contributed by atoms with Gasteiger partial charge in [0.25, 0.3) is 0 Å². The molecule has 0 radical (unpaired) electrons. The molecule has 4 nitrogen and oxygen atoms in total. The van der Waals surface area contributed by atoms with Gasteiger partial charge in [0.05, 0.1) is 6.04 Å². The average Bonchev–Trinajstić information content (AvgIpc) is 1.97. The number of hydrogen-bond donors (Lipinski definition) is 4. The third kappa shape index (κ3) is 1.51. The highest BCUT2D eigenvalue weighted by molar-refractivity contribution is 7.80. The first-order valence-electron chi connectivity index (χ1n) is 3.38. The summed E-state index contributed by atoms with van der Waals surface area (Å²) in [6.45, 7) is 1.69. The fraction of sp³-hybridized carbons (Fsp3) is 0.833. The summed E-state index contributed by atoms with van der Waals surface area (Å²) >= 11 is 4.70. The van der Waals surface area contributed by atoms with Gasteiger partial charge >= 0.3 is 0 Å². The molecule has 11 heavy (non-hydrogen) atoms. The van der Waals surface area contributed by atoms with Crippen molar-refractivity contribution in [3.8, 4) is 0 Å². The van der Waals surface area contributed by atoms with E-state index in [4.69, 9.17) is 22.4 Å². The van der Waals surface area contributed by atoms with Crippen molar-refractivity contribution in [2.45, 2.75) is 31.3 Å². The van der Waals surface area contributed by atoms with Crippen LogP contribution in [0.25, 0.3) is 0 Å². The predicted molar refractivity (Wildman–Crippen MR) is 43.2 cm³/mol. The van der Waals surface area contributed by atoms with E-state index in [1.807, 2.05) is 0 Å². The van der Waals surface area contributed by atoms with Gasteiger partial charge in [-0.25, -0.2) is 0 Å². The van der Waals surface area contributed by atoms with Gasteiger partial charge in [-0.1, -0.05) is 12.2 Å². The van der Waals surface area contributed by atoms with Crippen LogP contribution in [0.1, 0.15) is 6.92 Å². The molecule has 64 valence electrons. The van der Waals surface area contributed by atoms with Crippen LogP contribution >= 0.6 is 12.2 Å². The van der Waals surface area contributed by atoms with Crippen LogP contribution in [-0.4, -0.2) is 44.7 Å². The maximum absolute atomic E-state index is 9.20. The first-order chi connectivity index (χ1) is 5.04. The summed E-state index contributed by atoms with van der Waals surface area (Å²) in [7, 11) is 0. The van der Waals surface area contributed by atoms with Crippen LogP contribution in [-0.2, 0) is 0 Å². The molecule has 0 aliphatic carbocycles. The smallest absolute Gasteiger partial charge is 0.132 e. The molecule has 4 N–H and O–H groups in total. The van der Waals surface area contributed by atoms with Crippen molar-refractivity contribution in [3.05, 3.63) is 0 Å². The molecular formula is C6H11NO3S. The second-order valence-corrected chi connectivity index (χ2v) is 3.16. The normalized spacial score (nSPS) is 45.3. The first-order valence-corrected chi connectivity index (χ1v) is 3.79. The Bertz CT molecular complexity index is 175. The van der Waals surface area contributed by atoms with Crippen molar-refractivity contribution < 1.29 is 15.3 Å². The number of aliphatic hydroxyl groups is 3. The van der Waals surface area contributed by atoms with Crippen molar-refractivity contribution in [2.24, 2.45) is 0 Å². The van der Waals surface area contributed by atoms with E-state index in [9.17, 15) is 5.11 Å². The summed E-state index contributed by atoms with van der Waals surface area (Å²) in [5, 5.41) is 30.2. The van der Waals surface area contributed by atoms with Crippen LogP contribution in [0.15, 0.2) is 0 Å². The highest BCUT2D eigenvalue weighted by atomic mass is 32.1. The molecule has 0 unspecified atom stereocenters. The van der Waals surface area contributed by atoms with E-state index in [2.05, 4.69) is 5.32 Å². The Morgan fingerprint density at radius 3 is 2.36 bits per heavy atom. The largest absolute Gasteiger partial charge is 0.388 e. The Labute approximate surface area is 69.8 Å². The summed E-state index contributed by atoms with van der Waals surface area (Å²) in [5.41, 5.74) is 0. The van der Waals surface area contributed by atoms with Crippen molar-refractivity contribution in [1.82, 2.24) is 5.32 Å². The molecule has 5 heteroatoms. The molecule has 1 saturated heterocycles. The lowest BCUT2D eigenvalue weighted by atomic mass is 9.97. The van der Waals surface area contributed by atoms with E-state index in [1.165, 1.54) is 0 Å². The SMILES string of the molecule is C[C@@H]1NC(=S)[C@@H](O)[C@H](O)[C@@H]1O. The Hall–Kier alpha value is -0.230. The number of nitrogens with one attached hydrogen (secondary N) is 1. The molecule has 1 fully saturated rings. The van der Waals surface area contributed by atoms with Crippen LogP contribution in [0.3, 0.4) is 0 Å². The minimum absolute atomic E-state index is 0.190. The quantitative estimate of drug-likeness (QED) is 0.335. The minimum Gasteiger partial charge on any atom is -0.388 e. The highest BCUT2D eigenvalue weighted by Gasteiger charge is 2.36. The summed E-state index contributed by atoms with van der Waals surface area (Å²) in [4.78, 5) is 0.190. The predicted octanol–water partition coefficient (Wildman–Crippen LogP) is -1.61. The Morgan fingerprint density at radius 1 is 1.27 bits per heavy atom. The van der Waals surface area contributed by atoms with Crippen molar-refractivity contribution in [1.29, 1.82) is 0 Å². The Kier molecular flexibility index (Phi) is 2.43. The molecule has 0 spiro atoms. The van der Waals surface area contributed by atoms with Gasteiger partial charge in [-0.05, 0) is 6.92 Å². The van der Waals surface area contributed by atoms with Gasteiger partial charge in [0.1, 0.15) is 23.3 Å². The van der Waals surface area contributed by atoms with Crippen LogP contribution in [0.4, 0.5) is 0 Å². The fourth-order valence-electron chi connectivity index (χ4n) is 1.03. The van der Waals surface area contributed by atoms with Gasteiger partial charge in [-0.2, -0.15) is 0 Å². The Balaban J connectivity index is 2.70. The van der Waals surface area contributed by atoms with Crippen LogP contribution in [0.5, 0.6) is 0 Å². The molecule has 1 heterocycles. The first kappa shape index (κ1) is 8.86. The second kappa shape index (κ2) is 3.02. The number of rotatable bonds is 0. The van der Waals surface area contributed by atoms with E-state index < -0.39 is 18.3 Å². The van der Waals surface area contributed by atoms with Crippen molar-refractivity contribution in [2.75, 3.05) is 0 Å². The molecule has 1 aliphatic heterocycles. The van der Waals surface area contributed by atoms with Crippen LogP contribution < -0.4 is 5.32 Å². The van der Waals surface area contributed by atoms with Gasteiger partial charge in [0, 0.05) is 0 Å². The van der Waals surface area contributed by atoms with Gasteiger partial charge in [0.15, 0.2) is 0 Å². The van der Waals surface area contributed by atoms with Gasteiger partial charge in [-0.15, -0.1) is 0 Å². The van der Waals surface area contributed by atoms with Crippen LogP contribution in [0, 0.1) is 0 Å². The number of thiocarbonyl (C=S) groups is 1. The van der Waals surface area contributed by atoms with Crippen molar-refractivity contribution in [3.63, 3.8) is 0 Å². The second-order valence-electron chi connectivity index (χ2n) is 2.72. The summed E-state index contributed by atoms with van der Waals surface area (Å²) in [6.07, 6.45) is -3.27. The third-order valence-corrected chi connectivity index (χ3v) is 2.18. The zero-order valence-electron chi connectivity index (χ0n) is 6.06. The number of aliphatic hydroxyl groups excluding tert-OH is 3. The van der Waals surface area contributed by atoms with E-state index >= 15 is 0 Å². The minimum atomic E-state index is -1.17. The van der Waals surface area contributed by atoms with E-state index in [0.717, 1.165) is 0 Å². The van der Waals surface area contributed by atoms with Gasteiger partial charge in [0.2, 0.25) is 0 Å². The van der Waals surface area contributed by atoms with E-state index in [-0.39, 0.29) is 11.0 Å². The zero-order chi connectivity index (χ0) is 8.59. The van der Waals surface area contributed by atoms with E-state index in [0.29, 0.717) is 0 Å². The maximum atomic E-state index is 9.20. The lowest BCUT2D eigenvalue weighted by Crippen LogP contribution is -2.60. The maximum Gasteiger partial charge on any atom is 0.132 e. The standard InChI is InChI=1S/C6H11NO3S/c1-2-3(8)4(9)5(10)6(11)7-2/h2-5,8-10H,1H3,(H,7,11)/t2-,3+,4+,5-/m0/s1. The topological polar surface area (TPSA) is 72.7 Å². The lowest BCUT2D eigenvalue weighted by molar-refractivity contribution is -0.0564. The number of piperidine rings is 1. The van der Waals surface area contributed by atoms with E-state index in [1.54, 1.807) is 6.92 Å².